The monoisotopic (exact) mass is 274 g/mol. The standard InChI is InChI=1S/C15H18N2O3/c1-16(2)15(19)13-10-11-6-4-5-7-12(11)14(18)17(13)8-9-20-3/h4-7,10H,8-9H2,1-3H3. The van der Waals surface area contributed by atoms with Gasteiger partial charge in [0, 0.05) is 33.1 Å². The summed E-state index contributed by atoms with van der Waals surface area (Å²) in [4.78, 5) is 26.2. The smallest absolute Gasteiger partial charge is 0.270 e. The van der Waals surface area contributed by atoms with Crippen LogP contribution >= 0.6 is 0 Å². The van der Waals surface area contributed by atoms with Gasteiger partial charge in [0.05, 0.1) is 6.61 Å². The Morgan fingerprint density at radius 2 is 2.00 bits per heavy atom. The van der Waals surface area contributed by atoms with Gasteiger partial charge in [-0.05, 0) is 17.5 Å². The minimum absolute atomic E-state index is 0.162. The lowest BCUT2D eigenvalue weighted by Crippen LogP contribution is -2.32. The highest BCUT2D eigenvalue weighted by Crippen LogP contribution is 2.13. The van der Waals surface area contributed by atoms with Crippen molar-refractivity contribution >= 4 is 16.7 Å². The molecular formula is C15H18N2O3. The molecule has 20 heavy (non-hydrogen) atoms. The van der Waals surface area contributed by atoms with Crippen LogP contribution in [0.3, 0.4) is 0 Å². The summed E-state index contributed by atoms with van der Waals surface area (Å²) in [5.74, 6) is -0.191. The second-order valence-electron chi connectivity index (χ2n) is 4.77. The maximum atomic E-state index is 12.5. The number of ether oxygens (including phenoxy) is 1. The topological polar surface area (TPSA) is 51.5 Å². The number of amides is 1. The quantitative estimate of drug-likeness (QED) is 0.845. The molecule has 0 aliphatic rings. The fraction of sp³-hybridized carbons (Fsp3) is 0.333. The molecule has 0 bridgehead atoms. The number of nitrogens with zero attached hydrogens (tertiary/aromatic N) is 2. The maximum absolute atomic E-state index is 12.5. The molecule has 1 heterocycles. The predicted octanol–water partition coefficient (Wildman–Crippen LogP) is 1.35. The first kappa shape index (κ1) is 14.3. The molecule has 0 fully saturated rings. The third kappa shape index (κ3) is 2.58. The lowest BCUT2D eigenvalue weighted by molar-refractivity contribution is 0.0813. The van der Waals surface area contributed by atoms with E-state index in [0.29, 0.717) is 24.2 Å². The largest absolute Gasteiger partial charge is 0.383 e. The number of carbonyl (C=O) groups is 1. The number of fused-ring (bicyclic) bond motifs is 1. The molecule has 5 heteroatoms. The van der Waals surface area contributed by atoms with E-state index in [1.165, 1.54) is 9.47 Å². The van der Waals surface area contributed by atoms with Crippen LogP contribution in [0.4, 0.5) is 0 Å². The number of methoxy groups -OCH3 is 1. The van der Waals surface area contributed by atoms with Gasteiger partial charge in [-0.2, -0.15) is 0 Å². The summed E-state index contributed by atoms with van der Waals surface area (Å²) in [7, 11) is 4.91. The molecule has 0 N–H and O–H groups in total. The highest BCUT2D eigenvalue weighted by atomic mass is 16.5. The molecule has 1 aromatic carbocycles. The summed E-state index contributed by atoms with van der Waals surface area (Å²) < 4.78 is 6.50. The third-order valence-corrected chi connectivity index (χ3v) is 3.16. The summed E-state index contributed by atoms with van der Waals surface area (Å²) in [6, 6.07) is 9.03. The van der Waals surface area contributed by atoms with Gasteiger partial charge in [0.25, 0.3) is 11.5 Å². The first-order valence-corrected chi connectivity index (χ1v) is 6.39. The molecule has 0 aliphatic carbocycles. The number of rotatable bonds is 4. The molecule has 0 aliphatic heterocycles. The summed E-state index contributed by atoms with van der Waals surface area (Å²) in [5, 5.41) is 1.38. The van der Waals surface area contributed by atoms with Gasteiger partial charge in [-0.15, -0.1) is 0 Å². The van der Waals surface area contributed by atoms with Gasteiger partial charge in [-0.3, -0.25) is 9.59 Å². The number of pyridine rings is 1. The number of benzene rings is 1. The van der Waals surface area contributed by atoms with Crippen LogP contribution in [0.5, 0.6) is 0 Å². The molecular weight excluding hydrogens is 256 g/mol. The average molecular weight is 274 g/mol. The number of carbonyl (C=O) groups excluding carboxylic acids is 1. The van der Waals surface area contributed by atoms with E-state index in [4.69, 9.17) is 4.74 Å². The summed E-state index contributed by atoms with van der Waals surface area (Å²) in [6.07, 6.45) is 0. The minimum Gasteiger partial charge on any atom is -0.383 e. The zero-order valence-corrected chi connectivity index (χ0v) is 11.9. The van der Waals surface area contributed by atoms with Gasteiger partial charge in [-0.25, -0.2) is 0 Å². The van der Waals surface area contributed by atoms with Crippen molar-refractivity contribution in [3.8, 4) is 0 Å². The summed E-state index contributed by atoms with van der Waals surface area (Å²) >= 11 is 0. The SMILES string of the molecule is COCCn1c(C(=O)N(C)C)cc2ccccc2c1=O. The van der Waals surface area contributed by atoms with E-state index in [0.717, 1.165) is 5.39 Å². The number of hydrogen-bond acceptors (Lipinski definition) is 3. The van der Waals surface area contributed by atoms with Crippen LogP contribution in [-0.4, -0.2) is 43.2 Å². The summed E-state index contributed by atoms with van der Waals surface area (Å²) in [5.41, 5.74) is 0.223. The zero-order valence-electron chi connectivity index (χ0n) is 11.9. The van der Waals surface area contributed by atoms with Crippen LogP contribution in [0.15, 0.2) is 35.1 Å². The molecule has 2 aromatic rings. The van der Waals surface area contributed by atoms with Gasteiger partial charge in [0.15, 0.2) is 0 Å². The lowest BCUT2D eigenvalue weighted by Gasteiger charge is -2.17. The molecule has 0 atom stereocenters. The fourth-order valence-electron chi connectivity index (χ4n) is 2.11. The average Bonchev–Trinajstić information content (AvgIpc) is 2.45. The van der Waals surface area contributed by atoms with Crippen molar-refractivity contribution in [1.29, 1.82) is 0 Å². The molecule has 0 radical (unpaired) electrons. The molecule has 0 spiro atoms. The lowest BCUT2D eigenvalue weighted by atomic mass is 10.1. The Morgan fingerprint density at radius 1 is 1.30 bits per heavy atom. The van der Waals surface area contributed by atoms with Crippen molar-refractivity contribution < 1.29 is 9.53 Å². The van der Waals surface area contributed by atoms with E-state index in [1.54, 1.807) is 33.3 Å². The van der Waals surface area contributed by atoms with Gasteiger partial charge < -0.3 is 14.2 Å². The van der Waals surface area contributed by atoms with E-state index in [-0.39, 0.29) is 11.5 Å². The van der Waals surface area contributed by atoms with E-state index in [9.17, 15) is 9.59 Å². The van der Waals surface area contributed by atoms with E-state index < -0.39 is 0 Å². The number of hydrogen-bond donors (Lipinski definition) is 0. The second-order valence-corrected chi connectivity index (χ2v) is 4.77. The second kappa shape index (κ2) is 5.88. The van der Waals surface area contributed by atoms with Crippen molar-refractivity contribution in [2.45, 2.75) is 6.54 Å². The molecule has 1 aromatic heterocycles. The Bertz CT molecular complexity index is 689. The molecule has 5 nitrogen and oxygen atoms in total. The predicted molar refractivity (Wildman–Crippen MR) is 78.1 cm³/mol. The molecule has 0 unspecified atom stereocenters. The third-order valence-electron chi connectivity index (χ3n) is 3.16. The maximum Gasteiger partial charge on any atom is 0.270 e. The number of aromatic nitrogens is 1. The van der Waals surface area contributed by atoms with Crippen LogP contribution in [0.2, 0.25) is 0 Å². The van der Waals surface area contributed by atoms with Crippen molar-refractivity contribution in [2.24, 2.45) is 0 Å². The Labute approximate surface area is 117 Å². The normalized spacial score (nSPS) is 10.8. The Kier molecular flexibility index (Phi) is 4.20. The van der Waals surface area contributed by atoms with Crippen LogP contribution < -0.4 is 5.56 Å². The first-order valence-electron chi connectivity index (χ1n) is 6.39. The zero-order chi connectivity index (χ0) is 14.7. The Balaban J connectivity index is 2.69. The molecule has 1 amide bonds. The van der Waals surface area contributed by atoms with Crippen LogP contribution in [0.1, 0.15) is 10.5 Å². The molecule has 0 saturated carbocycles. The Morgan fingerprint density at radius 3 is 2.65 bits per heavy atom. The minimum atomic E-state index is -0.191. The van der Waals surface area contributed by atoms with Crippen LogP contribution in [0, 0.1) is 0 Å². The Hall–Kier alpha value is -2.14. The summed E-state index contributed by atoms with van der Waals surface area (Å²) in [6.45, 7) is 0.737. The van der Waals surface area contributed by atoms with E-state index >= 15 is 0 Å². The van der Waals surface area contributed by atoms with Crippen molar-refractivity contribution in [3.05, 3.63) is 46.4 Å². The van der Waals surface area contributed by atoms with Gasteiger partial charge in [-0.1, -0.05) is 18.2 Å². The van der Waals surface area contributed by atoms with Crippen LogP contribution in [0.25, 0.3) is 10.8 Å². The van der Waals surface area contributed by atoms with Gasteiger partial charge in [0.1, 0.15) is 5.69 Å². The highest BCUT2D eigenvalue weighted by Gasteiger charge is 2.16. The van der Waals surface area contributed by atoms with E-state index in [2.05, 4.69) is 0 Å². The highest BCUT2D eigenvalue weighted by molar-refractivity contribution is 5.96. The van der Waals surface area contributed by atoms with Crippen molar-refractivity contribution in [3.63, 3.8) is 0 Å². The van der Waals surface area contributed by atoms with Gasteiger partial charge in [0.2, 0.25) is 0 Å². The van der Waals surface area contributed by atoms with Crippen molar-refractivity contribution in [1.82, 2.24) is 9.47 Å². The first-order chi connectivity index (χ1) is 9.56. The van der Waals surface area contributed by atoms with Gasteiger partial charge >= 0.3 is 0 Å². The molecule has 106 valence electrons. The molecule has 0 saturated heterocycles. The molecule has 2 rings (SSSR count). The fourth-order valence-corrected chi connectivity index (χ4v) is 2.11. The van der Waals surface area contributed by atoms with Crippen molar-refractivity contribution in [2.75, 3.05) is 27.8 Å². The van der Waals surface area contributed by atoms with E-state index in [1.807, 2.05) is 18.2 Å². The van der Waals surface area contributed by atoms with Crippen LogP contribution in [-0.2, 0) is 11.3 Å².